The fourth-order valence-electron chi connectivity index (χ4n) is 2.66. The van der Waals surface area contributed by atoms with Gasteiger partial charge >= 0.3 is 11.9 Å². The molecule has 0 radical (unpaired) electrons. The average molecular weight is 302 g/mol. The van der Waals surface area contributed by atoms with E-state index in [1.54, 1.807) is 0 Å². The number of rotatable bonds is 3. The summed E-state index contributed by atoms with van der Waals surface area (Å²) in [5, 5.41) is 19.3. The van der Waals surface area contributed by atoms with Crippen LogP contribution in [-0.4, -0.2) is 33.2 Å². The SMILES string of the molecule is C1=CC2CCC1NC2c1cccnc1.O=C(O)/C=C/C(=O)O. The Morgan fingerprint density at radius 2 is 1.91 bits per heavy atom. The minimum atomic E-state index is -1.26. The van der Waals surface area contributed by atoms with Crippen LogP contribution in [0, 0.1) is 5.92 Å². The summed E-state index contributed by atoms with van der Waals surface area (Å²) in [5.41, 5.74) is 1.33. The normalized spacial score (nSPS) is 25.5. The number of nitrogens with one attached hydrogen (secondary N) is 1. The number of nitrogens with zero attached hydrogens (tertiary/aromatic N) is 1. The highest BCUT2D eigenvalue weighted by atomic mass is 16.4. The third-order valence-electron chi connectivity index (χ3n) is 3.64. The lowest BCUT2D eigenvalue weighted by molar-refractivity contribution is -0.134. The van der Waals surface area contributed by atoms with Gasteiger partial charge in [0.15, 0.2) is 0 Å². The predicted molar refractivity (Wildman–Crippen MR) is 80.2 cm³/mol. The molecule has 0 amide bonds. The second kappa shape index (κ2) is 7.51. The van der Waals surface area contributed by atoms with E-state index in [2.05, 4.69) is 28.5 Å². The molecule has 3 atom stereocenters. The van der Waals surface area contributed by atoms with E-state index in [0.29, 0.717) is 30.2 Å². The van der Waals surface area contributed by atoms with Crippen molar-refractivity contribution in [2.75, 3.05) is 0 Å². The molecule has 0 saturated carbocycles. The van der Waals surface area contributed by atoms with E-state index in [9.17, 15) is 9.59 Å². The number of hydrogen-bond acceptors (Lipinski definition) is 4. The van der Waals surface area contributed by atoms with Crippen LogP contribution in [-0.2, 0) is 9.59 Å². The second-order valence-electron chi connectivity index (χ2n) is 5.17. The number of aliphatic carboxylic acids is 2. The van der Waals surface area contributed by atoms with Crippen LogP contribution < -0.4 is 5.32 Å². The first-order valence-electron chi connectivity index (χ1n) is 7.04. The quantitative estimate of drug-likeness (QED) is 0.581. The summed E-state index contributed by atoms with van der Waals surface area (Å²) < 4.78 is 0. The van der Waals surface area contributed by atoms with Gasteiger partial charge in [-0.2, -0.15) is 0 Å². The van der Waals surface area contributed by atoms with E-state index >= 15 is 0 Å². The number of carboxylic acid groups (broad SMARTS) is 2. The van der Waals surface area contributed by atoms with Crippen LogP contribution >= 0.6 is 0 Å². The molecule has 3 unspecified atom stereocenters. The van der Waals surface area contributed by atoms with E-state index < -0.39 is 11.9 Å². The van der Waals surface area contributed by atoms with Gasteiger partial charge in [0.05, 0.1) is 0 Å². The van der Waals surface area contributed by atoms with Gasteiger partial charge in [-0.1, -0.05) is 18.2 Å². The van der Waals surface area contributed by atoms with Crippen molar-refractivity contribution >= 4 is 11.9 Å². The Kier molecular flexibility index (Phi) is 5.43. The topological polar surface area (TPSA) is 99.5 Å². The first-order chi connectivity index (χ1) is 10.6. The molecule has 116 valence electrons. The zero-order chi connectivity index (χ0) is 15.9. The number of carbonyl (C=O) groups is 2. The molecule has 1 aliphatic carbocycles. The molecule has 3 aliphatic rings. The van der Waals surface area contributed by atoms with Crippen molar-refractivity contribution in [2.24, 2.45) is 5.92 Å². The Morgan fingerprint density at radius 1 is 1.18 bits per heavy atom. The first kappa shape index (κ1) is 15.9. The highest BCUT2D eigenvalue weighted by Crippen LogP contribution is 2.36. The molecule has 6 nitrogen and oxygen atoms in total. The number of aromatic nitrogens is 1. The molecule has 1 aromatic heterocycles. The Labute approximate surface area is 128 Å². The van der Waals surface area contributed by atoms with Crippen molar-refractivity contribution in [3.05, 3.63) is 54.4 Å². The summed E-state index contributed by atoms with van der Waals surface area (Å²) in [6, 6.07) is 5.26. The zero-order valence-corrected chi connectivity index (χ0v) is 11.9. The molecule has 3 heterocycles. The highest BCUT2D eigenvalue weighted by molar-refractivity contribution is 5.89. The highest BCUT2D eigenvalue weighted by Gasteiger charge is 2.31. The molecule has 1 saturated heterocycles. The van der Waals surface area contributed by atoms with Gasteiger partial charge in [0.2, 0.25) is 0 Å². The van der Waals surface area contributed by atoms with Crippen molar-refractivity contribution in [3.8, 4) is 0 Å². The van der Waals surface area contributed by atoms with Gasteiger partial charge in [-0.25, -0.2) is 9.59 Å². The van der Waals surface area contributed by atoms with Crippen molar-refractivity contribution in [3.63, 3.8) is 0 Å². The summed E-state index contributed by atoms with van der Waals surface area (Å²) in [5.74, 6) is -1.84. The van der Waals surface area contributed by atoms with Gasteiger partial charge in [-0.05, 0) is 30.4 Å². The van der Waals surface area contributed by atoms with Crippen molar-refractivity contribution in [1.29, 1.82) is 0 Å². The van der Waals surface area contributed by atoms with Crippen LogP contribution in [0.3, 0.4) is 0 Å². The lowest BCUT2D eigenvalue weighted by atomic mass is 9.79. The van der Waals surface area contributed by atoms with E-state index in [1.807, 2.05) is 18.5 Å². The number of hydrogen-bond donors (Lipinski definition) is 3. The predicted octanol–water partition coefficient (Wildman–Crippen LogP) is 1.77. The van der Waals surface area contributed by atoms with Crippen LogP contribution in [0.15, 0.2) is 48.8 Å². The molecule has 3 N–H and O–H groups in total. The molecular formula is C16H18N2O4. The molecular weight excluding hydrogens is 284 g/mol. The van der Waals surface area contributed by atoms with Gasteiger partial charge in [0.1, 0.15) is 0 Å². The fourth-order valence-corrected chi connectivity index (χ4v) is 2.66. The minimum absolute atomic E-state index is 0.493. The van der Waals surface area contributed by atoms with Gasteiger partial charge in [0.25, 0.3) is 0 Å². The summed E-state index contributed by atoms with van der Waals surface area (Å²) in [7, 11) is 0. The first-order valence-corrected chi connectivity index (χ1v) is 7.04. The number of piperidine rings is 1. The molecule has 6 heteroatoms. The van der Waals surface area contributed by atoms with Gasteiger partial charge < -0.3 is 15.5 Å². The lowest BCUT2D eigenvalue weighted by Gasteiger charge is -2.39. The molecule has 2 aliphatic heterocycles. The molecule has 4 rings (SSSR count). The summed E-state index contributed by atoms with van der Waals surface area (Å²) >= 11 is 0. The number of carboxylic acids is 2. The monoisotopic (exact) mass is 302 g/mol. The van der Waals surface area contributed by atoms with Crippen LogP contribution in [0.25, 0.3) is 0 Å². The summed E-state index contributed by atoms with van der Waals surface area (Å²) in [4.78, 5) is 23.3. The smallest absolute Gasteiger partial charge is 0.328 e. The van der Waals surface area contributed by atoms with E-state index in [1.165, 1.54) is 18.4 Å². The van der Waals surface area contributed by atoms with Crippen molar-refractivity contribution in [2.45, 2.75) is 24.9 Å². The van der Waals surface area contributed by atoms with Crippen LogP contribution in [0.2, 0.25) is 0 Å². The molecule has 22 heavy (non-hydrogen) atoms. The third kappa shape index (κ3) is 4.53. The standard InChI is InChI=1S/C12H14N2.C4H4O4/c1-2-10(8-13-7-1)12-9-3-5-11(14-12)6-4-9;5-3(6)1-2-4(7)8/h1-3,5,7-9,11-12,14H,4,6H2;1-2H,(H,5,6)(H,7,8)/b;2-1+. The molecule has 1 aromatic rings. The maximum atomic E-state index is 9.55. The molecule has 1 fully saturated rings. The van der Waals surface area contributed by atoms with Crippen molar-refractivity contribution < 1.29 is 19.8 Å². The van der Waals surface area contributed by atoms with Crippen LogP contribution in [0.1, 0.15) is 24.4 Å². The molecule has 0 aromatic carbocycles. The maximum absolute atomic E-state index is 9.55. The second-order valence-corrected chi connectivity index (χ2v) is 5.17. The van der Waals surface area contributed by atoms with E-state index in [4.69, 9.17) is 10.2 Å². The Balaban J connectivity index is 0.000000192. The molecule has 0 spiro atoms. The zero-order valence-electron chi connectivity index (χ0n) is 11.9. The Hall–Kier alpha value is -2.47. The minimum Gasteiger partial charge on any atom is -0.478 e. The van der Waals surface area contributed by atoms with Crippen molar-refractivity contribution in [1.82, 2.24) is 10.3 Å². The van der Waals surface area contributed by atoms with Crippen LogP contribution in [0.5, 0.6) is 0 Å². The van der Waals surface area contributed by atoms with Crippen LogP contribution in [0.4, 0.5) is 0 Å². The Morgan fingerprint density at radius 3 is 2.32 bits per heavy atom. The summed E-state index contributed by atoms with van der Waals surface area (Å²) in [6.07, 6.45) is 12.2. The molecule has 2 bridgehead atoms. The lowest BCUT2D eigenvalue weighted by Crippen LogP contribution is -2.43. The number of fused-ring (bicyclic) bond motifs is 2. The van der Waals surface area contributed by atoms with E-state index in [-0.39, 0.29) is 0 Å². The Bertz CT molecular complexity index is 567. The van der Waals surface area contributed by atoms with Gasteiger partial charge in [-0.3, -0.25) is 4.98 Å². The average Bonchev–Trinajstić information content (AvgIpc) is 2.55. The largest absolute Gasteiger partial charge is 0.478 e. The van der Waals surface area contributed by atoms with Gasteiger partial charge in [-0.15, -0.1) is 0 Å². The maximum Gasteiger partial charge on any atom is 0.328 e. The fraction of sp³-hybridized carbons (Fsp3) is 0.312. The van der Waals surface area contributed by atoms with Gasteiger partial charge in [0, 0.05) is 36.6 Å². The number of pyridine rings is 1. The van der Waals surface area contributed by atoms with E-state index in [0.717, 1.165) is 0 Å². The third-order valence-corrected chi connectivity index (χ3v) is 3.64. The summed E-state index contributed by atoms with van der Waals surface area (Å²) in [6.45, 7) is 0.